The van der Waals surface area contributed by atoms with Crippen LogP contribution in [0.1, 0.15) is 24.8 Å². The Bertz CT molecular complexity index is 350. The summed E-state index contributed by atoms with van der Waals surface area (Å²) in [6.45, 7) is 1.29. The zero-order valence-corrected chi connectivity index (χ0v) is 9.86. The van der Waals surface area contributed by atoms with Crippen molar-refractivity contribution in [3.63, 3.8) is 0 Å². The van der Waals surface area contributed by atoms with Crippen LogP contribution in [0.25, 0.3) is 0 Å². The second-order valence-electron chi connectivity index (χ2n) is 3.54. The van der Waals surface area contributed by atoms with Gasteiger partial charge in [0.25, 0.3) is 0 Å². The summed E-state index contributed by atoms with van der Waals surface area (Å²) in [7, 11) is 0. The van der Waals surface area contributed by atoms with E-state index in [1.165, 1.54) is 6.07 Å². The lowest BCUT2D eigenvalue weighted by atomic mass is 10.2. The van der Waals surface area contributed by atoms with Crippen molar-refractivity contribution < 1.29 is 4.39 Å². The van der Waals surface area contributed by atoms with Crippen LogP contribution in [0.5, 0.6) is 0 Å². The molecule has 0 atom stereocenters. The van der Waals surface area contributed by atoms with Crippen LogP contribution >= 0.6 is 11.6 Å². The number of rotatable bonds is 6. The molecule has 1 aromatic carbocycles. The number of benzene rings is 1. The molecule has 0 saturated carbocycles. The van der Waals surface area contributed by atoms with Gasteiger partial charge in [-0.05, 0) is 31.5 Å². The van der Waals surface area contributed by atoms with E-state index in [4.69, 9.17) is 18.0 Å². The van der Waals surface area contributed by atoms with Gasteiger partial charge in [-0.2, -0.15) is 0 Å². The smallest absolute Gasteiger partial charge is 0.129 e. The lowest BCUT2D eigenvalue weighted by molar-refractivity contribution is 0.577. The zero-order valence-electron chi connectivity index (χ0n) is 9.10. The van der Waals surface area contributed by atoms with Crippen LogP contribution in [0.4, 0.5) is 4.39 Å². The van der Waals surface area contributed by atoms with Gasteiger partial charge >= 0.3 is 0 Å². The molecule has 0 saturated heterocycles. The van der Waals surface area contributed by atoms with E-state index in [-0.39, 0.29) is 5.82 Å². The summed E-state index contributed by atoms with van der Waals surface area (Å²) in [6.07, 6.45) is 7.92. The Morgan fingerprint density at radius 1 is 1.38 bits per heavy atom. The first-order valence-electron chi connectivity index (χ1n) is 5.32. The minimum atomic E-state index is -0.261. The van der Waals surface area contributed by atoms with E-state index in [0.717, 1.165) is 25.8 Å². The molecule has 0 aromatic heterocycles. The summed E-state index contributed by atoms with van der Waals surface area (Å²) in [6, 6.07) is 4.72. The van der Waals surface area contributed by atoms with E-state index < -0.39 is 0 Å². The summed E-state index contributed by atoms with van der Waals surface area (Å²) < 4.78 is 13.3. The molecule has 3 heteroatoms. The number of unbranched alkanes of at least 4 members (excludes halogenated alkanes) is 2. The molecular formula is C13H15ClFN. The maximum atomic E-state index is 13.3. The SMILES string of the molecule is C#CCCCCNCc1c(F)cccc1Cl. The Hall–Kier alpha value is -1.04. The Morgan fingerprint density at radius 2 is 2.19 bits per heavy atom. The summed E-state index contributed by atoms with van der Waals surface area (Å²) in [5.74, 6) is 2.33. The molecular weight excluding hydrogens is 225 g/mol. The molecule has 1 aromatic rings. The molecule has 0 bridgehead atoms. The van der Waals surface area contributed by atoms with Crippen molar-refractivity contribution in [3.8, 4) is 12.3 Å². The number of halogens is 2. The Labute approximate surface area is 101 Å². The van der Waals surface area contributed by atoms with Crippen LogP contribution in [0.3, 0.4) is 0 Å². The summed E-state index contributed by atoms with van der Waals surface area (Å²) in [5.41, 5.74) is 0.529. The molecule has 16 heavy (non-hydrogen) atoms. The quantitative estimate of drug-likeness (QED) is 0.593. The molecule has 0 aliphatic carbocycles. The van der Waals surface area contributed by atoms with Crippen molar-refractivity contribution in [3.05, 3.63) is 34.6 Å². The fraction of sp³-hybridized carbons (Fsp3) is 0.385. The van der Waals surface area contributed by atoms with Crippen LogP contribution in [-0.4, -0.2) is 6.54 Å². The molecule has 1 nitrogen and oxygen atoms in total. The van der Waals surface area contributed by atoms with E-state index in [1.54, 1.807) is 12.1 Å². The van der Waals surface area contributed by atoms with Crippen molar-refractivity contribution in [1.82, 2.24) is 5.32 Å². The van der Waals surface area contributed by atoms with E-state index in [9.17, 15) is 4.39 Å². The number of terminal acetylenes is 1. The van der Waals surface area contributed by atoms with Crippen molar-refractivity contribution in [2.75, 3.05) is 6.54 Å². The first-order chi connectivity index (χ1) is 7.75. The topological polar surface area (TPSA) is 12.0 Å². The van der Waals surface area contributed by atoms with Crippen molar-refractivity contribution >= 4 is 11.6 Å². The van der Waals surface area contributed by atoms with E-state index in [0.29, 0.717) is 17.1 Å². The minimum Gasteiger partial charge on any atom is -0.313 e. The minimum absolute atomic E-state index is 0.261. The molecule has 1 N–H and O–H groups in total. The normalized spacial score (nSPS) is 10.1. The second kappa shape index (κ2) is 7.27. The monoisotopic (exact) mass is 239 g/mol. The van der Waals surface area contributed by atoms with Crippen LogP contribution in [0.2, 0.25) is 5.02 Å². The third-order valence-electron chi connectivity index (χ3n) is 2.29. The van der Waals surface area contributed by atoms with Gasteiger partial charge in [-0.3, -0.25) is 0 Å². The highest BCUT2D eigenvalue weighted by molar-refractivity contribution is 6.31. The predicted octanol–water partition coefficient (Wildman–Crippen LogP) is 3.37. The molecule has 1 rings (SSSR count). The number of nitrogens with one attached hydrogen (secondary N) is 1. The van der Waals surface area contributed by atoms with E-state index >= 15 is 0 Å². The molecule has 0 radical (unpaired) electrons. The molecule has 0 aliphatic rings. The maximum Gasteiger partial charge on any atom is 0.129 e. The van der Waals surface area contributed by atoms with Crippen molar-refractivity contribution in [2.24, 2.45) is 0 Å². The molecule has 0 unspecified atom stereocenters. The molecule has 0 spiro atoms. The highest BCUT2D eigenvalue weighted by atomic mass is 35.5. The summed E-state index contributed by atoms with van der Waals surface area (Å²) in [4.78, 5) is 0. The van der Waals surface area contributed by atoms with Gasteiger partial charge in [-0.1, -0.05) is 17.7 Å². The first kappa shape index (κ1) is 13.0. The van der Waals surface area contributed by atoms with Crippen LogP contribution in [0.15, 0.2) is 18.2 Å². The maximum absolute atomic E-state index is 13.3. The fourth-order valence-electron chi connectivity index (χ4n) is 1.39. The Balaban J connectivity index is 2.30. The number of hydrogen-bond donors (Lipinski definition) is 1. The molecule has 0 heterocycles. The fourth-order valence-corrected chi connectivity index (χ4v) is 1.62. The second-order valence-corrected chi connectivity index (χ2v) is 3.95. The Morgan fingerprint density at radius 3 is 2.88 bits per heavy atom. The predicted molar refractivity (Wildman–Crippen MR) is 65.8 cm³/mol. The third-order valence-corrected chi connectivity index (χ3v) is 2.64. The van der Waals surface area contributed by atoms with Gasteiger partial charge in [0.2, 0.25) is 0 Å². The largest absolute Gasteiger partial charge is 0.313 e. The lowest BCUT2D eigenvalue weighted by Crippen LogP contribution is -2.15. The average Bonchev–Trinajstić information content (AvgIpc) is 2.26. The summed E-state index contributed by atoms with van der Waals surface area (Å²) in [5, 5.41) is 3.62. The van der Waals surface area contributed by atoms with Gasteiger partial charge in [-0.15, -0.1) is 12.3 Å². The summed E-state index contributed by atoms with van der Waals surface area (Å²) >= 11 is 5.89. The van der Waals surface area contributed by atoms with Crippen molar-refractivity contribution in [1.29, 1.82) is 0 Å². The van der Waals surface area contributed by atoms with Gasteiger partial charge in [0.15, 0.2) is 0 Å². The van der Waals surface area contributed by atoms with Crippen LogP contribution in [0, 0.1) is 18.2 Å². The number of hydrogen-bond acceptors (Lipinski definition) is 1. The van der Waals surface area contributed by atoms with Gasteiger partial charge in [0, 0.05) is 23.6 Å². The molecule has 0 fully saturated rings. The highest BCUT2D eigenvalue weighted by Gasteiger charge is 2.05. The molecule has 0 amide bonds. The van der Waals surface area contributed by atoms with Crippen LogP contribution in [-0.2, 0) is 6.54 Å². The standard InChI is InChI=1S/C13H15ClFN/c1-2-3-4-5-9-16-10-11-12(14)7-6-8-13(11)15/h1,6-8,16H,3-5,9-10H2. The zero-order chi connectivity index (χ0) is 11.8. The average molecular weight is 240 g/mol. The first-order valence-corrected chi connectivity index (χ1v) is 5.70. The Kier molecular flexibility index (Phi) is 5.92. The van der Waals surface area contributed by atoms with Crippen LogP contribution < -0.4 is 5.32 Å². The van der Waals surface area contributed by atoms with Gasteiger partial charge in [0.05, 0.1) is 0 Å². The lowest BCUT2D eigenvalue weighted by Gasteiger charge is -2.07. The van der Waals surface area contributed by atoms with Crippen molar-refractivity contribution in [2.45, 2.75) is 25.8 Å². The van der Waals surface area contributed by atoms with Gasteiger partial charge in [-0.25, -0.2) is 4.39 Å². The van der Waals surface area contributed by atoms with Gasteiger partial charge in [0.1, 0.15) is 5.82 Å². The molecule has 0 aliphatic heterocycles. The third kappa shape index (κ3) is 4.22. The van der Waals surface area contributed by atoms with E-state index in [2.05, 4.69) is 11.2 Å². The van der Waals surface area contributed by atoms with E-state index in [1.807, 2.05) is 0 Å². The molecule has 86 valence electrons. The highest BCUT2D eigenvalue weighted by Crippen LogP contribution is 2.18. The van der Waals surface area contributed by atoms with Gasteiger partial charge < -0.3 is 5.32 Å².